The topological polar surface area (TPSA) is 63.3 Å². The molecule has 1 atom stereocenters. The molecule has 2 aromatic rings. The first-order chi connectivity index (χ1) is 13.6. The molecule has 29 heavy (non-hydrogen) atoms. The minimum Gasteiger partial charge on any atom is -0.493 e. The van der Waals surface area contributed by atoms with Crippen LogP contribution in [0.1, 0.15) is 6.92 Å². The monoisotopic (exact) mass is 514 g/mol. The van der Waals surface area contributed by atoms with Gasteiger partial charge in [0.1, 0.15) is 11.9 Å². The molecule has 0 bridgehead atoms. The summed E-state index contributed by atoms with van der Waals surface area (Å²) in [4.78, 5) is 8.78. The third kappa shape index (κ3) is 6.38. The molecule has 2 aromatic carbocycles. The number of halogens is 2. The number of hydrogen-bond acceptors (Lipinski definition) is 4. The minimum atomic E-state index is -0.219. The first-order valence-corrected chi connectivity index (χ1v) is 9.42. The molecule has 0 saturated carbocycles. The van der Waals surface area contributed by atoms with Crippen LogP contribution in [0.4, 0.5) is 10.1 Å². The highest BCUT2D eigenvalue weighted by molar-refractivity contribution is 14.0. The minimum absolute atomic E-state index is 0. The lowest BCUT2D eigenvalue weighted by atomic mass is 10.2. The summed E-state index contributed by atoms with van der Waals surface area (Å²) in [5, 5.41) is 0. The molecule has 0 spiro atoms. The van der Waals surface area contributed by atoms with Gasteiger partial charge in [-0.2, -0.15) is 0 Å². The van der Waals surface area contributed by atoms with Gasteiger partial charge in [0, 0.05) is 31.9 Å². The molecule has 0 amide bonds. The Hall–Kier alpha value is -2.23. The van der Waals surface area contributed by atoms with Crippen LogP contribution in [0.25, 0.3) is 0 Å². The molecule has 1 aliphatic heterocycles. The summed E-state index contributed by atoms with van der Waals surface area (Å²) in [6.07, 6.45) is -0.129. The van der Waals surface area contributed by atoms with E-state index in [1.54, 1.807) is 19.2 Å². The van der Waals surface area contributed by atoms with Gasteiger partial charge in [-0.15, -0.1) is 24.0 Å². The van der Waals surface area contributed by atoms with Crippen molar-refractivity contribution in [2.45, 2.75) is 13.0 Å². The predicted molar refractivity (Wildman–Crippen MR) is 125 cm³/mol. The number of ether oxygens (including phenoxy) is 2. The standard InChI is InChI=1S/C21H27FN4O2.HI/c1-16(28-20-6-4-3-5-19(20)27-2)15-24-21(23)26-13-11-25(12-14-26)18-9-7-17(22)8-10-18;/h3-10,16H,11-15H2,1-2H3,(H2,23,24);1H. The lowest BCUT2D eigenvalue weighted by Crippen LogP contribution is -2.51. The van der Waals surface area contributed by atoms with Gasteiger partial charge in [0.2, 0.25) is 0 Å². The van der Waals surface area contributed by atoms with Crippen molar-refractivity contribution >= 4 is 35.6 Å². The number of hydrogen-bond donors (Lipinski definition) is 1. The third-order valence-electron chi connectivity index (χ3n) is 4.70. The number of aliphatic imine (C=N–C) groups is 1. The van der Waals surface area contributed by atoms with Gasteiger partial charge in [-0.3, -0.25) is 0 Å². The van der Waals surface area contributed by atoms with E-state index in [1.807, 2.05) is 31.2 Å². The zero-order valence-corrected chi connectivity index (χ0v) is 19.1. The van der Waals surface area contributed by atoms with Crippen molar-refractivity contribution in [3.05, 3.63) is 54.3 Å². The summed E-state index contributed by atoms with van der Waals surface area (Å²) in [7, 11) is 1.62. The number of rotatable bonds is 6. The van der Waals surface area contributed by atoms with E-state index in [9.17, 15) is 4.39 Å². The van der Waals surface area contributed by atoms with Gasteiger partial charge < -0.3 is 25.0 Å². The molecule has 0 radical (unpaired) electrons. The molecule has 0 aliphatic carbocycles. The van der Waals surface area contributed by atoms with Crippen molar-refractivity contribution in [3.8, 4) is 11.5 Å². The number of guanidine groups is 1. The summed E-state index contributed by atoms with van der Waals surface area (Å²) in [5.41, 5.74) is 7.20. The Balaban J connectivity index is 0.00000300. The fourth-order valence-electron chi connectivity index (χ4n) is 3.14. The fourth-order valence-corrected chi connectivity index (χ4v) is 3.14. The highest BCUT2D eigenvalue weighted by Gasteiger charge is 2.19. The van der Waals surface area contributed by atoms with E-state index in [0.717, 1.165) is 31.9 Å². The summed E-state index contributed by atoms with van der Waals surface area (Å²) < 4.78 is 24.3. The van der Waals surface area contributed by atoms with Gasteiger partial charge in [0.05, 0.1) is 13.7 Å². The first-order valence-electron chi connectivity index (χ1n) is 9.42. The van der Waals surface area contributed by atoms with Crippen LogP contribution < -0.4 is 20.1 Å². The Morgan fingerprint density at radius 2 is 1.69 bits per heavy atom. The summed E-state index contributed by atoms with van der Waals surface area (Å²) >= 11 is 0. The average Bonchev–Trinajstić information content (AvgIpc) is 2.73. The van der Waals surface area contributed by atoms with E-state index in [-0.39, 0.29) is 35.9 Å². The molecule has 8 heteroatoms. The normalized spacial score (nSPS) is 15.5. The molecule has 2 N–H and O–H groups in total. The number of nitrogens with two attached hydrogens (primary N) is 1. The van der Waals surface area contributed by atoms with E-state index >= 15 is 0 Å². The Morgan fingerprint density at radius 3 is 2.31 bits per heavy atom. The van der Waals surface area contributed by atoms with Gasteiger partial charge in [-0.25, -0.2) is 9.38 Å². The van der Waals surface area contributed by atoms with Gasteiger partial charge >= 0.3 is 0 Å². The van der Waals surface area contributed by atoms with Crippen molar-refractivity contribution in [1.29, 1.82) is 0 Å². The molecule has 1 aliphatic rings. The van der Waals surface area contributed by atoms with E-state index in [0.29, 0.717) is 24.0 Å². The maximum Gasteiger partial charge on any atom is 0.191 e. The smallest absolute Gasteiger partial charge is 0.191 e. The molecular weight excluding hydrogens is 486 g/mol. The number of methoxy groups -OCH3 is 1. The average molecular weight is 514 g/mol. The van der Waals surface area contributed by atoms with Crippen LogP contribution in [0.15, 0.2) is 53.5 Å². The Morgan fingerprint density at radius 1 is 1.07 bits per heavy atom. The second-order valence-corrected chi connectivity index (χ2v) is 6.73. The zero-order chi connectivity index (χ0) is 19.9. The van der Waals surface area contributed by atoms with Gasteiger partial charge in [0.15, 0.2) is 17.5 Å². The van der Waals surface area contributed by atoms with Crippen LogP contribution in [0, 0.1) is 5.82 Å². The highest BCUT2D eigenvalue weighted by Crippen LogP contribution is 2.26. The highest BCUT2D eigenvalue weighted by atomic mass is 127. The molecule has 0 aromatic heterocycles. The molecule has 6 nitrogen and oxygen atoms in total. The predicted octanol–water partition coefficient (Wildman–Crippen LogP) is 3.36. The molecule has 1 unspecified atom stereocenters. The fraction of sp³-hybridized carbons (Fsp3) is 0.381. The molecule has 1 fully saturated rings. The first kappa shape index (κ1) is 23.1. The van der Waals surface area contributed by atoms with E-state index in [2.05, 4.69) is 14.8 Å². The second kappa shape index (κ2) is 11.1. The van der Waals surface area contributed by atoms with Crippen molar-refractivity contribution < 1.29 is 13.9 Å². The number of piperazine rings is 1. The SMILES string of the molecule is COc1ccccc1OC(C)CN=C(N)N1CCN(c2ccc(F)cc2)CC1.I. The van der Waals surface area contributed by atoms with E-state index in [1.165, 1.54) is 12.1 Å². The molecule has 3 rings (SSSR count). The van der Waals surface area contributed by atoms with Gasteiger partial charge in [-0.05, 0) is 43.3 Å². The van der Waals surface area contributed by atoms with Crippen molar-refractivity contribution in [2.75, 3.05) is 44.7 Å². The molecule has 158 valence electrons. The van der Waals surface area contributed by atoms with Crippen LogP contribution in [0.2, 0.25) is 0 Å². The number of para-hydroxylation sites is 2. The lowest BCUT2D eigenvalue weighted by Gasteiger charge is -2.36. The second-order valence-electron chi connectivity index (χ2n) is 6.73. The maximum absolute atomic E-state index is 13.1. The Labute approximate surface area is 188 Å². The number of benzene rings is 2. The van der Waals surface area contributed by atoms with Crippen molar-refractivity contribution in [1.82, 2.24) is 4.90 Å². The molecular formula is C21H28FIN4O2. The summed E-state index contributed by atoms with van der Waals surface area (Å²) in [6, 6.07) is 14.1. The van der Waals surface area contributed by atoms with E-state index in [4.69, 9.17) is 15.2 Å². The van der Waals surface area contributed by atoms with Crippen molar-refractivity contribution in [3.63, 3.8) is 0 Å². The Kier molecular flexibility index (Phi) is 8.81. The lowest BCUT2D eigenvalue weighted by molar-refractivity contribution is 0.218. The van der Waals surface area contributed by atoms with Crippen LogP contribution in [-0.2, 0) is 0 Å². The Bertz CT molecular complexity index is 796. The van der Waals surface area contributed by atoms with Crippen LogP contribution in [0.3, 0.4) is 0 Å². The molecule has 1 saturated heterocycles. The molecule has 1 heterocycles. The summed E-state index contributed by atoms with van der Waals surface area (Å²) in [6.45, 7) is 5.59. The largest absolute Gasteiger partial charge is 0.493 e. The van der Waals surface area contributed by atoms with E-state index < -0.39 is 0 Å². The van der Waals surface area contributed by atoms with Gasteiger partial charge in [0.25, 0.3) is 0 Å². The maximum atomic E-state index is 13.1. The third-order valence-corrected chi connectivity index (χ3v) is 4.70. The van der Waals surface area contributed by atoms with Crippen molar-refractivity contribution in [2.24, 2.45) is 10.7 Å². The zero-order valence-electron chi connectivity index (χ0n) is 16.8. The number of anilines is 1. The number of nitrogens with zero attached hydrogens (tertiary/aromatic N) is 3. The van der Waals surface area contributed by atoms with Crippen LogP contribution >= 0.6 is 24.0 Å². The van der Waals surface area contributed by atoms with Gasteiger partial charge in [-0.1, -0.05) is 12.1 Å². The summed E-state index contributed by atoms with van der Waals surface area (Å²) in [5.74, 6) is 1.69. The van der Waals surface area contributed by atoms with Crippen LogP contribution in [0.5, 0.6) is 11.5 Å². The quantitative estimate of drug-likeness (QED) is 0.364. The van der Waals surface area contributed by atoms with Crippen LogP contribution in [-0.4, -0.2) is 56.8 Å².